The molecule has 1 aromatic carbocycles. The lowest BCUT2D eigenvalue weighted by atomic mass is 9.97. The standard InChI is InChI=1S/C17H17NO4/c1-11-3-6-16(21-11)9-13(10-18)17(20)12(2)22-15-7-4-14(19)5-8-15/h3-8,12-13,19H,9H2,1-2H3. The van der Waals surface area contributed by atoms with Crippen molar-refractivity contribution in [2.45, 2.75) is 26.4 Å². The number of carbonyl (C=O) groups excluding carboxylic acids is 1. The first-order valence-corrected chi connectivity index (χ1v) is 6.94. The number of ketones is 1. The Bertz CT molecular complexity index is 681. The highest BCUT2D eigenvalue weighted by Gasteiger charge is 2.26. The van der Waals surface area contributed by atoms with Crippen molar-refractivity contribution in [1.82, 2.24) is 0 Å². The predicted molar refractivity (Wildman–Crippen MR) is 79.5 cm³/mol. The number of carbonyl (C=O) groups is 1. The zero-order valence-electron chi connectivity index (χ0n) is 12.4. The molecule has 1 heterocycles. The van der Waals surface area contributed by atoms with E-state index in [1.165, 1.54) is 12.1 Å². The smallest absolute Gasteiger partial charge is 0.190 e. The minimum atomic E-state index is -0.822. The van der Waals surface area contributed by atoms with Gasteiger partial charge in [-0.3, -0.25) is 4.79 Å². The molecular formula is C17H17NO4. The molecule has 2 unspecified atom stereocenters. The van der Waals surface area contributed by atoms with Gasteiger partial charge in [0.15, 0.2) is 11.9 Å². The van der Waals surface area contributed by atoms with Crippen molar-refractivity contribution in [2.75, 3.05) is 0 Å². The number of benzene rings is 1. The van der Waals surface area contributed by atoms with Gasteiger partial charge in [-0.2, -0.15) is 5.26 Å². The van der Waals surface area contributed by atoms with Crippen LogP contribution < -0.4 is 4.74 Å². The third-order valence-electron chi connectivity index (χ3n) is 3.25. The Hall–Kier alpha value is -2.74. The van der Waals surface area contributed by atoms with E-state index in [2.05, 4.69) is 0 Å². The molecule has 0 bridgehead atoms. The third kappa shape index (κ3) is 3.89. The zero-order chi connectivity index (χ0) is 16.1. The number of nitriles is 1. The number of furan rings is 1. The van der Waals surface area contributed by atoms with Crippen molar-refractivity contribution >= 4 is 5.78 Å². The van der Waals surface area contributed by atoms with Crippen LogP contribution in [0.4, 0.5) is 0 Å². The monoisotopic (exact) mass is 299 g/mol. The quantitative estimate of drug-likeness (QED) is 0.886. The Morgan fingerprint density at radius 3 is 2.55 bits per heavy atom. The molecule has 0 amide bonds. The lowest BCUT2D eigenvalue weighted by molar-refractivity contribution is -0.127. The lowest BCUT2D eigenvalue weighted by Crippen LogP contribution is -2.31. The summed E-state index contributed by atoms with van der Waals surface area (Å²) < 4.78 is 10.9. The number of rotatable bonds is 6. The number of nitrogens with zero attached hydrogens (tertiary/aromatic N) is 1. The van der Waals surface area contributed by atoms with Gasteiger partial charge in [-0.15, -0.1) is 0 Å². The van der Waals surface area contributed by atoms with E-state index in [9.17, 15) is 15.2 Å². The lowest BCUT2D eigenvalue weighted by Gasteiger charge is -2.16. The van der Waals surface area contributed by atoms with E-state index in [1.807, 2.05) is 13.0 Å². The van der Waals surface area contributed by atoms with E-state index in [0.717, 1.165) is 5.76 Å². The first kappa shape index (κ1) is 15.6. The Morgan fingerprint density at radius 2 is 2.00 bits per heavy atom. The van der Waals surface area contributed by atoms with Gasteiger partial charge in [0.05, 0.1) is 6.07 Å². The average molecular weight is 299 g/mol. The molecule has 2 atom stereocenters. The molecule has 2 aromatic rings. The van der Waals surface area contributed by atoms with E-state index in [1.54, 1.807) is 31.2 Å². The number of hydrogen-bond donors (Lipinski definition) is 1. The summed E-state index contributed by atoms with van der Waals surface area (Å²) in [5.74, 6) is 0.808. The maximum absolute atomic E-state index is 12.3. The van der Waals surface area contributed by atoms with Gasteiger partial charge in [-0.25, -0.2) is 0 Å². The molecule has 0 radical (unpaired) electrons. The predicted octanol–water partition coefficient (Wildman–Crippen LogP) is 3.01. The molecule has 0 spiro atoms. The molecule has 2 rings (SSSR count). The number of aromatic hydroxyl groups is 1. The van der Waals surface area contributed by atoms with Gasteiger partial charge < -0.3 is 14.3 Å². The van der Waals surface area contributed by atoms with Gasteiger partial charge in [0.25, 0.3) is 0 Å². The van der Waals surface area contributed by atoms with Crippen LogP contribution in [0.1, 0.15) is 18.4 Å². The van der Waals surface area contributed by atoms with Crippen molar-refractivity contribution in [3.05, 3.63) is 47.9 Å². The van der Waals surface area contributed by atoms with Crippen molar-refractivity contribution in [3.8, 4) is 17.6 Å². The summed E-state index contributed by atoms with van der Waals surface area (Å²) in [6.07, 6.45) is -0.530. The largest absolute Gasteiger partial charge is 0.508 e. The van der Waals surface area contributed by atoms with Crippen LogP contribution in [0.5, 0.6) is 11.5 Å². The van der Waals surface area contributed by atoms with E-state index in [0.29, 0.717) is 11.5 Å². The maximum atomic E-state index is 12.3. The summed E-state index contributed by atoms with van der Waals surface area (Å²) in [5, 5.41) is 18.4. The fourth-order valence-electron chi connectivity index (χ4n) is 2.08. The van der Waals surface area contributed by atoms with E-state index in [-0.39, 0.29) is 18.0 Å². The normalized spacial score (nSPS) is 13.1. The summed E-state index contributed by atoms with van der Waals surface area (Å²) in [7, 11) is 0. The molecule has 0 saturated heterocycles. The minimum Gasteiger partial charge on any atom is -0.508 e. The molecule has 5 heteroatoms. The average Bonchev–Trinajstić information content (AvgIpc) is 2.91. The van der Waals surface area contributed by atoms with Crippen molar-refractivity contribution in [3.63, 3.8) is 0 Å². The van der Waals surface area contributed by atoms with Gasteiger partial charge >= 0.3 is 0 Å². The molecule has 5 nitrogen and oxygen atoms in total. The number of hydrogen-bond acceptors (Lipinski definition) is 5. The minimum absolute atomic E-state index is 0.120. The molecule has 1 N–H and O–H groups in total. The maximum Gasteiger partial charge on any atom is 0.190 e. The second kappa shape index (κ2) is 6.81. The zero-order valence-corrected chi connectivity index (χ0v) is 12.4. The van der Waals surface area contributed by atoms with E-state index >= 15 is 0 Å². The van der Waals surface area contributed by atoms with Crippen LogP contribution in [0.3, 0.4) is 0 Å². The van der Waals surface area contributed by atoms with Gasteiger partial charge in [-0.1, -0.05) is 0 Å². The van der Waals surface area contributed by atoms with Crippen LogP contribution in [0.2, 0.25) is 0 Å². The first-order chi connectivity index (χ1) is 10.5. The Kier molecular flexibility index (Phi) is 4.84. The highest BCUT2D eigenvalue weighted by Crippen LogP contribution is 2.19. The van der Waals surface area contributed by atoms with Crippen LogP contribution >= 0.6 is 0 Å². The van der Waals surface area contributed by atoms with Crippen molar-refractivity contribution < 1.29 is 19.1 Å². The summed E-state index contributed by atoms with van der Waals surface area (Å²) in [6, 6.07) is 11.6. The fourth-order valence-corrected chi connectivity index (χ4v) is 2.08. The van der Waals surface area contributed by atoms with Gasteiger partial charge in [-0.05, 0) is 50.2 Å². The summed E-state index contributed by atoms with van der Waals surface area (Å²) in [5.41, 5.74) is 0. The molecule has 114 valence electrons. The highest BCUT2D eigenvalue weighted by atomic mass is 16.5. The SMILES string of the molecule is Cc1ccc(CC(C#N)C(=O)C(C)Oc2ccc(O)cc2)o1. The van der Waals surface area contributed by atoms with Gasteiger partial charge in [0, 0.05) is 6.42 Å². The van der Waals surface area contributed by atoms with Crippen LogP contribution in [0.25, 0.3) is 0 Å². The molecule has 0 fully saturated rings. The molecule has 0 saturated carbocycles. The fraction of sp³-hybridized carbons (Fsp3) is 0.294. The number of ether oxygens (including phenoxy) is 1. The number of aryl methyl sites for hydroxylation is 1. The molecule has 22 heavy (non-hydrogen) atoms. The van der Waals surface area contributed by atoms with E-state index < -0.39 is 12.0 Å². The molecule has 0 aliphatic heterocycles. The van der Waals surface area contributed by atoms with Crippen LogP contribution in [0, 0.1) is 24.2 Å². The van der Waals surface area contributed by atoms with Gasteiger partial charge in [0.2, 0.25) is 0 Å². The Balaban J connectivity index is 2.01. The molecule has 0 aliphatic carbocycles. The van der Waals surface area contributed by atoms with Crippen LogP contribution in [-0.4, -0.2) is 17.0 Å². The highest BCUT2D eigenvalue weighted by molar-refractivity contribution is 5.87. The Labute approximate surface area is 128 Å². The van der Waals surface area contributed by atoms with Crippen LogP contribution in [0.15, 0.2) is 40.8 Å². The Morgan fingerprint density at radius 1 is 1.32 bits per heavy atom. The summed E-state index contributed by atoms with van der Waals surface area (Å²) in [4.78, 5) is 12.3. The van der Waals surface area contributed by atoms with Gasteiger partial charge in [0.1, 0.15) is 28.9 Å². The number of phenols is 1. The molecule has 0 aliphatic rings. The first-order valence-electron chi connectivity index (χ1n) is 6.94. The van der Waals surface area contributed by atoms with E-state index in [4.69, 9.17) is 9.15 Å². The summed E-state index contributed by atoms with van der Waals surface area (Å²) in [6.45, 7) is 3.41. The third-order valence-corrected chi connectivity index (χ3v) is 3.25. The van der Waals surface area contributed by atoms with Crippen molar-refractivity contribution in [2.24, 2.45) is 5.92 Å². The topological polar surface area (TPSA) is 83.5 Å². The number of Topliss-reactive ketones (excluding diaryl/α,β-unsaturated/α-hetero) is 1. The summed E-state index contributed by atoms with van der Waals surface area (Å²) >= 11 is 0. The molecular weight excluding hydrogens is 282 g/mol. The van der Waals surface area contributed by atoms with Crippen LogP contribution in [-0.2, 0) is 11.2 Å². The second-order valence-corrected chi connectivity index (χ2v) is 5.05. The number of phenolic OH excluding ortho intramolecular Hbond substituents is 1. The second-order valence-electron chi connectivity index (χ2n) is 5.05. The molecule has 1 aromatic heterocycles. The van der Waals surface area contributed by atoms with Crippen molar-refractivity contribution in [1.29, 1.82) is 5.26 Å².